The van der Waals surface area contributed by atoms with Gasteiger partial charge in [-0.3, -0.25) is 9.36 Å². The molecule has 0 radical (unpaired) electrons. The SMILES string of the molecule is C=C(C)C(=O)n1c(=O)n(C(=C)C)c2cccc(O)c21. The first kappa shape index (κ1) is 12.9. The van der Waals surface area contributed by atoms with Crippen LogP contribution in [0.15, 0.2) is 41.7 Å². The average molecular weight is 258 g/mol. The molecule has 1 N–H and O–H groups in total. The molecule has 0 spiro atoms. The van der Waals surface area contributed by atoms with E-state index in [0.717, 1.165) is 4.57 Å². The minimum absolute atomic E-state index is 0.135. The van der Waals surface area contributed by atoms with E-state index < -0.39 is 11.6 Å². The molecular weight excluding hydrogens is 244 g/mol. The molecule has 0 bridgehead atoms. The number of nitrogens with zero attached hydrogens (tertiary/aromatic N) is 2. The first-order valence-electron chi connectivity index (χ1n) is 5.67. The zero-order chi connectivity index (χ0) is 14.3. The summed E-state index contributed by atoms with van der Waals surface area (Å²) >= 11 is 0. The Balaban J connectivity index is 3.03. The number of aromatic hydroxyl groups is 1. The van der Waals surface area contributed by atoms with Crippen molar-refractivity contribution in [3.05, 3.63) is 47.4 Å². The fourth-order valence-electron chi connectivity index (χ4n) is 1.98. The minimum Gasteiger partial charge on any atom is -0.506 e. The Morgan fingerprint density at radius 1 is 1.21 bits per heavy atom. The molecule has 0 saturated carbocycles. The molecule has 0 aliphatic rings. The van der Waals surface area contributed by atoms with Crippen molar-refractivity contribution in [2.24, 2.45) is 0 Å². The van der Waals surface area contributed by atoms with E-state index in [1.54, 1.807) is 19.1 Å². The predicted octanol–water partition coefficient (Wildman–Crippen LogP) is 2.22. The Hall–Kier alpha value is -2.56. The van der Waals surface area contributed by atoms with Crippen LogP contribution in [-0.2, 0) is 0 Å². The van der Waals surface area contributed by atoms with Gasteiger partial charge in [-0.05, 0) is 26.0 Å². The van der Waals surface area contributed by atoms with Crippen LogP contribution in [0.25, 0.3) is 16.7 Å². The molecule has 5 heteroatoms. The van der Waals surface area contributed by atoms with E-state index in [4.69, 9.17) is 0 Å². The monoisotopic (exact) mass is 258 g/mol. The number of imidazole rings is 1. The highest BCUT2D eigenvalue weighted by Gasteiger charge is 2.21. The lowest BCUT2D eigenvalue weighted by Gasteiger charge is -2.02. The van der Waals surface area contributed by atoms with Gasteiger partial charge in [-0.2, -0.15) is 0 Å². The smallest absolute Gasteiger partial charge is 0.340 e. The molecule has 0 atom stereocenters. The molecule has 0 aliphatic carbocycles. The van der Waals surface area contributed by atoms with Gasteiger partial charge in [0.25, 0.3) is 5.91 Å². The second-order valence-electron chi connectivity index (χ2n) is 4.42. The highest BCUT2D eigenvalue weighted by Crippen LogP contribution is 2.25. The molecule has 0 aliphatic heterocycles. The molecule has 5 nitrogen and oxygen atoms in total. The highest BCUT2D eigenvalue weighted by atomic mass is 16.3. The van der Waals surface area contributed by atoms with E-state index in [0.29, 0.717) is 11.2 Å². The lowest BCUT2D eigenvalue weighted by atomic mass is 10.2. The summed E-state index contributed by atoms with van der Waals surface area (Å²) in [7, 11) is 0. The maximum absolute atomic E-state index is 12.3. The van der Waals surface area contributed by atoms with Crippen molar-refractivity contribution in [2.45, 2.75) is 13.8 Å². The fourth-order valence-corrected chi connectivity index (χ4v) is 1.98. The van der Waals surface area contributed by atoms with E-state index in [2.05, 4.69) is 13.2 Å². The predicted molar refractivity (Wildman–Crippen MR) is 74.3 cm³/mol. The quantitative estimate of drug-likeness (QED) is 0.840. The number of carbonyl (C=O) groups is 1. The van der Waals surface area contributed by atoms with Crippen LogP contribution in [0.2, 0.25) is 0 Å². The number of phenols is 1. The zero-order valence-electron chi connectivity index (χ0n) is 10.8. The van der Waals surface area contributed by atoms with Gasteiger partial charge in [0, 0.05) is 11.3 Å². The van der Waals surface area contributed by atoms with Crippen molar-refractivity contribution >= 4 is 22.6 Å². The van der Waals surface area contributed by atoms with Crippen molar-refractivity contribution < 1.29 is 9.90 Å². The van der Waals surface area contributed by atoms with E-state index in [1.165, 1.54) is 17.6 Å². The lowest BCUT2D eigenvalue weighted by Crippen LogP contribution is -2.28. The van der Waals surface area contributed by atoms with Gasteiger partial charge in [-0.15, -0.1) is 0 Å². The number of carbonyl (C=O) groups excluding carboxylic acids is 1. The molecule has 0 fully saturated rings. The molecule has 0 unspecified atom stereocenters. The van der Waals surface area contributed by atoms with Crippen molar-refractivity contribution in [3.8, 4) is 5.75 Å². The van der Waals surface area contributed by atoms with Crippen LogP contribution in [-0.4, -0.2) is 20.1 Å². The molecule has 2 rings (SSSR count). The zero-order valence-corrected chi connectivity index (χ0v) is 10.8. The summed E-state index contributed by atoms with van der Waals surface area (Å²) in [4.78, 5) is 24.4. The van der Waals surface area contributed by atoms with Gasteiger partial charge in [0.2, 0.25) is 0 Å². The summed E-state index contributed by atoms with van der Waals surface area (Å²) in [6, 6.07) is 4.67. The van der Waals surface area contributed by atoms with Crippen molar-refractivity contribution in [1.29, 1.82) is 0 Å². The number of rotatable bonds is 2. The molecule has 0 saturated heterocycles. The molecular formula is C14H14N2O3. The van der Waals surface area contributed by atoms with Crippen LogP contribution in [0, 0.1) is 0 Å². The summed E-state index contributed by atoms with van der Waals surface area (Å²) in [5, 5.41) is 9.92. The standard InChI is InChI=1S/C14H14N2O3/c1-8(2)13(18)16-12-10(6-5-7-11(12)17)15(9(3)4)14(16)19/h5-7,17H,1,3H2,2,4H3. The minimum atomic E-state index is -0.558. The van der Waals surface area contributed by atoms with Crippen LogP contribution < -0.4 is 5.69 Å². The molecule has 0 amide bonds. The van der Waals surface area contributed by atoms with E-state index in [1.807, 2.05) is 0 Å². The van der Waals surface area contributed by atoms with E-state index >= 15 is 0 Å². The Morgan fingerprint density at radius 2 is 1.84 bits per heavy atom. The van der Waals surface area contributed by atoms with Gasteiger partial charge in [0.15, 0.2) is 0 Å². The van der Waals surface area contributed by atoms with Gasteiger partial charge in [-0.1, -0.05) is 19.2 Å². The number of para-hydroxylation sites is 1. The summed E-state index contributed by atoms with van der Waals surface area (Å²) < 4.78 is 2.21. The van der Waals surface area contributed by atoms with Crippen LogP contribution in [0.5, 0.6) is 5.75 Å². The van der Waals surface area contributed by atoms with Gasteiger partial charge in [0.1, 0.15) is 11.3 Å². The summed E-state index contributed by atoms with van der Waals surface area (Å²) in [6.07, 6.45) is 0. The second-order valence-corrected chi connectivity index (χ2v) is 4.42. The Bertz CT molecular complexity index is 778. The molecule has 1 aromatic heterocycles. The maximum Gasteiger partial charge on any atom is 0.340 e. The normalized spacial score (nSPS) is 10.6. The summed E-state index contributed by atoms with van der Waals surface area (Å²) in [5.74, 6) is -0.680. The molecule has 2 aromatic rings. The largest absolute Gasteiger partial charge is 0.506 e. The Kier molecular flexibility index (Phi) is 2.90. The van der Waals surface area contributed by atoms with Crippen molar-refractivity contribution in [2.75, 3.05) is 0 Å². The third kappa shape index (κ3) is 1.79. The third-order valence-electron chi connectivity index (χ3n) is 2.79. The fraction of sp³-hybridized carbons (Fsp3) is 0.143. The number of benzene rings is 1. The van der Waals surface area contributed by atoms with Gasteiger partial charge < -0.3 is 5.11 Å². The Morgan fingerprint density at radius 3 is 2.37 bits per heavy atom. The number of fused-ring (bicyclic) bond motifs is 1. The summed E-state index contributed by atoms with van der Waals surface area (Å²) in [5.41, 5.74) is 0.729. The Labute approximate surface area is 109 Å². The van der Waals surface area contributed by atoms with E-state index in [-0.39, 0.29) is 16.8 Å². The van der Waals surface area contributed by atoms with Crippen LogP contribution >= 0.6 is 0 Å². The van der Waals surface area contributed by atoms with Crippen LogP contribution in [0.3, 0.4) is 0 Å². The first-order valence-corrected chi connectivity index (χ1v) is 5.67. The number of allylic oxidation sites excluding steroid dienone is 2. The molecule has 1 aromatic carbocycles. The lowest BCUT2D eigenvalue weighted by molar-refractivity contribution is 0.0955. The topological polar surface area (TPSA) is 64.2 Å². The number of hydrogen-bond donors (Lipinski definition) is 1. The highest BCUT2D eigenvalue weighted by molar-refractivity contribution is 6.02. The molecule has 1 heterocycles. The first-order chi connectivity index (χ1) is 8.86. The van der Waals surface area contributed by atoms with Gasteiger partial charge in [0.05, 0.1) is 5.52 Å². The van der Waals surface area contributed by atoms with Crippen molar-refractivity contribution in [3.63, 3.8) is 0 Å². The van der Waals surface area contributed by atoms with E-state index in [9.17, 15) is 14.7 Å². The van der Waals surface area contributed by atoms with Crippen LogP contribution in [0.1, 0.15) is 18.6 Å². The average Bonchev–Trinajstić information content (AvgIpc) is 2.61. The number of phenolic OH excluding ortho intramolecular Hbond substituents is 1. The molecule has 98 valence electrons. The van der Waals surface area contributed by atoms with Gasteiger partial charge in [-0.25, -0.2) is 9.36 Å². The second kappa shape index (κ2) is 4.28. The van der Waals surface area contributed by atoms with Gasteiger partial charge >= 0.3 is 5.69 Å². The number of aromatic nitrogens is 2. The summed E-state index contributed by atoms with van der Waals surface area (Å²) in [6.45, 7) is 10.4. The maximum atomic E-state index is 12.3. The number of hydrogen-bond acceptors (Lipinski definition) is 3. The van der Waals surface area contributed by atoms with Crippen LogP contribution in [0.4, 0.5) is 0 Å². The third-order valence-corrected chi connectivity index (χ3v) is 2.79. The molecule has 19 heavy (non-hydrogen) atoms. The van der Waals surface area contributed by atoms with Crippen molar-refractivity contribution in [1.82, 2.24) is 9.13 Å².